The third-order valence-corrected chi connectivity index (χ3v) is 4.37. The van der Waals surface area contributed by atoms with Crippen molar-refractivity contribution in [2.45, 2.75) is 12.5 Å². The number of nitrogens with one attached hydrogen (secondary N) is 1. The molecule has 20 heavy (non-hydrogen) atoms. The maximum absolute atomic E-state index is 5.71. The largest absolute Gasteiger partial charge is 0.493 e. The topological polar surface area (TPSA) is 27.7 Å². The molecule has 0 radical (unpaired) electrons. The Balaban J connectivity index is 1.47. The molecule has 0 aliphatic carbocycles. The molecule has 4 nitrogen and oxygen atoms in total. The SMILES string of the molecule is CN1CCN(CCNC2CCOc3ccccc32)CC1. The number of hydrogen-bond donors (Lipinski definition) is 1. The van der Waals surface area contributed by atoms with Crippen LogP contribution in [0.1, 0.15) is 18.0 Å². The molecule has 2 aliphatic heterocycles. The summed E-state index contributed by atoms with van der Waals surface area (Å²) in [6, 6.07) is 8.85. The van der Waals surface area contributed by atoms with Gasteiger partial charge in [-0.1, -0.05) is 18.2 Å². The van der Waals surface area contributed by atoms with Gasteiger partial charge in [0.25, 0.3) is 0 Å². The second-order valence-corrected chi connectivity index (χ2v) is 5.83. The molecule has 1 unspecified atom stereocenters. The van der Waals surface area contributed by atoms with Gasteiger partial charge >= 0.3 is 0 Å². The molecule has 1 aromatic rings. The standard InChI is InChI=1S/C16H25N3O/c1-18-9-11-19(12-10-18)8-7-17-15-6-13-20-16-5-3-2-4-14(15)16/h2-5,15,17H,6-13H2,1H3. The average Bonchev–Trinajstić information content (AvgIpc) is 2.49. The maximum atomic E-state index is 5.71. The minimum Gasteiger partial charge on any atom is -0.493 e. The van der Waals surface area contributed by atoms with Crippen LogP contribution in [0.3, 0.4) is 0 Å². The van der Waals surface area contributed by atoms with Gasteiger partial charge in [0.05, 0.1) is 6.61 Å². The zero-order valence-electron chi connectivity index (χ0n) is 12.3. The molecule has 2 heterocycles. The first-order valence-electron chi connectivity index (χ1n) is 7.69. The maximum Gasteiger partial charge on any atom is 0.124 e. The first-order chi connectivity index (χ1) is 9.83. The number of hydrogen-bond acceptors (Lipinski definition) is 4. The minimum atomic E-state index is 0.451. The molecule has 1 atom stereocenters. The fraction of sp³-hybridized carbons (Fsp3) is 0.625. The summed E-state index contributed by atoms with van der Waals surface area (Å²) in [5.41, 5.74) is 1.32. The van der Waals surface area contributed by atoms with Crippen LogP contribution in [0, 0.1) is 0 Å². The van der Waals surface area contributed by atoms with E-state index in [4.69, 9.17) is 4.74 Å². The third-order valence-electron chi connectivity index (χ3n) is 4.37. The molecule has 1 fully saturated rings. The van der Waals surface area contributed by atoms with Crippen molar-refractivity contribution in [3.8, 4) is 5.75 Å². The summed E-state index contributed by atoms with van der Waals surface area (Å²) in [5, 5.41) is 3.70. The van der Waals surface area contributed by atoms with Gasteiger partial charge in [0.15, 0.2) is 0 Å². The Kier molecular flexibility index (Phi) is 4.55. The zero-order valence-corrected chi connectivity index (χ0v) is 12.3. The highest BCUT2D eigenvalue weighted by atomic mass is 16.5. The Morgan fingerprint density at radius 3 is 2.85 bits per heavy atom. The number of fused-ring (bicyclic) bond motifs is 1. The molecule has 3 rings (SSSR count). The molecule has 2 aliphatic rings. The van der Waals surface area contributed by atoms with Crippen molar-refractivity contribution >= 4 is 0 Å². The van der Waals surface area contributed by atoms with E-state index in [-0.39, 0.29) is 0 Å². The molecule has 110 valence electrons. The summed E-state index contributed by atoms with van der Waals surface area (Å²) >= 11 is 0. The lowest BCUT2D eigenvalue weighted by molar-refractivity contribution is 0.152. The van der Waals surface area contributed by atoms with E-state index in [1.165, 1.54) is 31.7 Å². The zero-order chi connectivity index (χ0) is 13.8. The Morgan fingerprint density at radius 2 is 2.00 bits per heavy atom. The van der Waals surface area contributed by atoms with Gasteiger partial charge in [-0.15, -0.1) is 0 Å². The van der Waals surface area contributed by atoms with Gasteiger partial charge in [-0.3, -0.25) is 4.90 Å². The first-order valence-corrected chi connectivity index (χ1v) is 7.69. The van der Waals surface area contributed by atoms with Crippen LogP contribution >= 0.6 is 0 Å². The molecule has 1 N–H and O–H groups in total. The summed E-state index contributed by atoms with van der Waals surface area (Å²) in [6.07, 6.45) is 1.07. The van der Waals surface area contributed by atoms with Gasteiger partial charge in [0.1, 0.15) is 5.75 Å². The lowest BCUT2D eigenvalue weighted by atomic mass is 10.0. The van der Waals surface area contributed by atoms with Crippen molar-refractivity contribution in [2.75, 3.05) is 52.9 Å². The highest BCUT2D eigenvalue weighted by Crippen LogP contribution is 2.31. The van der Waals surface area contributed by atoms with E-state index in [9.17, 15) is 0 Å². The average molecular weight is 275 g/mol. The number of nitrogens with zero attached hydrogens (tertiary/aromatic N) is 2. The molecule has 0 amide bonds. The second kappa shape index (κ2) is 6.57. The van der Waals surface area contributed by atoms with Crippen molar-refractivity contribution in [1.82, 2.24) is 15.1 Å². The highest BCUT2D eigenvalue weighted by Gasteiger charge is 2.20. The molecule has 0 bridgehead atoms. The molecule has 0 spiro atoms. The Labute approximate surface area is 121 Å². The molecule has 0 saturated carbocycles. The van der Waals surface area contributed by atoms with Crippen molar-refractivity contribution < 1.29 is 4.74 Å². The quantitative estimate of drug-likeness (QED) is 0.897. The summed E-state index contributed by atoms with van der Waals surface area (Å²) in [4.78, 5) is 4.96. The number of likely N-dealkylation sites (N-methyl/N-ethyl adjacent to an activating group) is 1. The Morgan fingerprint density at radius 1 is 1.20 bits per heavy atom. The van der Waals surface area contributed by atoms with E-state index in [0.29, 0.717) is 6.04 Å². The van der Waals surface area contributed by atoms with Crippen molar-refractivity contribution in [3.63, 3.8) is 0 Å². The Hall–Kier alpha value is -1.10. The number of benzene rings is 1. The van der Waals surface area contributed by atoms with Crippen LogP contribution in [0.4, 0.5) is 0 Å². The van der Waals surface area contributed by atoms with Crippen LogP contribution in [0.5, 0.6) is 5.75 Å². The van der Waals surface area contributed by atoms with Gasteiger partial charge in [0.2, 0.25) is 0 Å². The number of ether oxygens (including phenoxy) is 1. The summed E-state index contributed by atoms with van der Waals surface area (Å²) in [5.74, 6) is 1.05. The molecule has 0 aromatic heterocycles. The number of piperazine rings is 1. The molecular weight excluding hydrogens is 250 g/mol. The van der Waals surface area contributed by atoms with Crippen molar-refractivity contribution in [2.24, 2.45) is 0 Å². The second-order valence-electron chi connectivity index (χ2n) is 5.83. The summed E-state index contributed by atoms with van der Waals surface area (Å²) in [6.45, 7) is 7.81. The fourth-order valence-electron chi connectivity index (χ4n) is 3.02. The Bertz CT molecular complexity index is 429. The van der Waals surface area contributed by atoms with Crippen LogP contribution < -0.4 is 10.1 Å². The van der Waals surface area contributed by atoms with Gasteiger partial charge in [-0.25, -0.2) is 0 Å². The van der Waals surface area contributed by atoms with E-state index in [0.717, 1.165) is 31.9 Å². The highest BCUT2D eigenvalue weighted by molar-refractivity contribution is 5.37. The predicted molar refractivity (Wildman–Crippen MR) is 81.2 cm³/mol. The van der Waals surface area contributed by atoms with Crippen LogP contribution in [-0.4, -0.2) is 62.7 Å². The first kappa shape index (κ1) is 13.9. The smallest absolute Gasteiger partial charge is 0.124 e. The van der Waals surface area contributed by atoms with E-state index < -0.39 is 0 Å². The van der Waals surface area contributed by atoms with Gasteiger partial charge in [0, 0.05) is 57.3 Å². The van der Waals surface area contributed by atoms with E-state index in [1.54, 1.807) is 0 Å². The monoisotopic (exact) mass is 275 g/mol. The molecule has 4 heteroatoms. The van der Waals surface area contributed by atoms with Crippen LogP contribution in [-0.2, 0) is 0 Å². The third kappa shape index (κ3) is 3.32. The van der Waals surface area contributed by atoms with Crippen molar-refractivity contribution in [3.05, 3.63) is 29.8 Å². The van der Waals surface area contributed by atoms with Gasteiger partial charge < -0.3 is 15.0 Å². The lowest BCUT2D eigenvalue weighted by Gasteiger charge is -2.33. The molecular formula is C16H25N3O. The summed E-state index contributed by atoms with van der Waals surface area (Å²) < 4.78 is 5.71. The number of rotatable bonds is 4. The normalized spacial score (nSPS) is 24.1. The lowest BCUT2D eigenvalue weighted by Crippen LogP contribution is -2.46. The predicted octanol–water partition coefficient (Wildman–Crippen LogP) is 1.35. The minimum absolute atomic E-state index is 0.451. The summed E-state index contributed by atoms with van der Waals surface area (Å²) in [7, 11) is 2.20. The van der Waals surface area contributed by atoms with Crippen LogP contribution in [0.2, 0.25) is 0 Å². The van der Waals surface area contributed by atoms with Crippen molar-refractivity contribution in [1.29, 1.82) is 0 Å². The van der Waals surface area contributed by atoms with E-state index in [1.807, 2.05) is 6.07 Å². The van der Waals surface area contributed by atoms with Crippen LogP contribution in [0.15, 0.2) is 24.3 Å². The van der Waals surface area contributed by atoms with E-state index >= 15 is 0 Å². The molecule has 1 aromatic carbocycles. The number of para-hydroxylation sites is 1. The van der Waals surface area contributed by atoms with Crippen LogP contribution in [0.25, 0.3) is 0 Å². The van der Waals surface area contributed by atoms with Gasteiger partial charge in [-0.2, -0.15) is 0 Å². The van der Waals surface area contributed by atoms with Gasteiger partial charge in [-0.05, 0) is 13.1 Å². The molecule has 1 saturated heterocycles. The van der Waals surface area contributed by atoms with E-state index in [2.05, 4.69) is 40.4 Å². The fourth-order valence-corrected chi connectivity index (χ4v) is 3.02.